The third kappa shape index (κ3) is 4.31. The summed E-state index contributed by atoms with van der Waals surface area (Å²) in [5, 5.41) is 2.93. The number of nitrogens with zero attached hydrogens (tertiary/aromatic N) is 1. The first kappa shape index (κ1) is 18.6. The Hall–Kier alpha value is -2.18. The molecule has 1 aliphatic rings. The van der Waals surface area contributed by atoms with Crippen molar-refractivity contribution in [2.75, 3.05) is 13.1 Å². The molecule has 0 aromatic heterocycles. The summed E-state index contributed by atoms with van der Waals surface area (Å²) in [6, 6.07) is 16.5. The second kappa shape index (κ2) is 8.01. The van der Waals surface area contributed by atoms with Crippen LogP contribution in [0.1, 0.15) is 24.0 Å². The molecule has 1 fully saturated rings. The predicted octanol–water partition coefficient (Wildman–Crippen LogP) is 2.71. The van der Waals surface area contributed by atoms with Crippen molar-refractivity contribution in [1.82, 2.24) is 9.62 Å². The number of nitrogens with one attached hydrogen (secondary N) is 1. The Morgan fingerprint density at radius 1 is 1.12 bits per heavy atom. The maximum Gasteiger partial charge on any atom is 0.243 e. The van der Waals surface area contributed by atoms with Crippen LogP contribution in [0.3, 0.4) is 0 Å². The third-order valence-electron chi connectivity index (χ3n) is 4.72. The van der Waals surface area contributed by atoms with Gasteiger partial charge in [-0.25, -0.2) is 8.42 Å². The molecule has 1 heterocycles. The number of carbonyl (C=O) groups excluding carboxylic acids is 1. The molecular weight excluding hydrogens is 348 g/mol. The molecule has 0 bridgehead atoms. The molecular formula is C20H24N2O3S. The predicted molar refractivity (Wildman–Crippen MR) is 101 cm³/mol. The summed E-state index contributed by atoms with van der Waals surface area (Å²) in [5.74, 6) is -0.398. The number of rotatable bonds is 5. The number of hydrogen-bond donors (Lipinski definition) is 1. The van der Waals surface area contributed by atoms with E-state index in [1.54, 1.807) is 24.3 Å². The molecule has 1 atom stereocenters. The van der Waals surface area contributed by atoms with E-state index in [0.29, 0.717) is 25.9 Å². The van der Waals surface area contributed by atoms with E-state index in [0.717, 1.165) is 11.1 Å². The molecule has 0 aliphatic carbocycles. The molecule has 5 nitrogen and oxygen atoms in total. The first-order chi connectivity index (χ1) is 12.5. The second-order valence-electron chi connectivity index (χ2n) is 6.72. The average molecular weight is 372 g/mol. The highest BCUT2D eigenvalue weighted by molar-refractivity contribution is 7.89. The fraction of sp³-hybridized carbons (Fsp3) is 0.350. The monoisotopic (exact) mass is 372 g/mol. The number of piperidine rings is 1. The van der Waals surface area contributed by atoms with Crippen LogP contribution in [0.25, 0.3) is 0 Å². The van der Waals surface area contributed by atoms with E-state index in [9.17, 15) is 13.2 Å². The lowest BCUT2D eigenvalue weighted by Gasteiger charge is -2.31. The molecule has 2 aromatic carbocycles. The molecule has 1 aliphatic heterocycles. The molecule has 1 unspecified atom stereocenters. The molecule has 1 N–H and O–H groups in total. The fourth-order valence-electron chi connectivity index (χ4n) is 3.16. The van der Waals surface area contributed by atoms with Gasteiger partial charge in [-0.2, -0.15) is 4.31 Å². The SMILES string of the molecule is Cc1ccc(S(=O)(=O)N2CCCC(C(=O)NCc3ccccc3)C2)cc1. The fourth-order valence-corrected chi connectivity index (χ4v) is 4.69. The Morgan fingerprint density at radius 3 is 2.50 bits per heavy atom. The summed E-state index contributed by atoms with van der Waals surface area (Å²) in [4.78, 5) is 12.8. The highest BCUT2D eigenvalue weighted by Gasteiger charge is 2.33. The molecule has 1 amide bonds. The van der Waals surface area contributed by atoms with Gasteiger partial charge in [-0.3, -0.25) is 4.79 Å². The van der Waals surface area contributed by atoms with Crippen molar-refractivity contribution >= 4 is 15.9 Å². The number of amides is 1. The minimum Gasteiger partial charge on any atom is -0.352 e. The Kier molecular flexibility index (Phi) is 5.74. The molecule has 0 spiro atoms. The van der Waals surface area contributed by atoms with Gasteiger partial charge in [0.2, 0.25) is 15.9 Å². The van der Waals surface area contributed by atoms with E-state index in [4.69, 9.17) is 0 Å². The molecule has 0 saturated carbocycles. The quantitative estimate of drug-likeness (QED) is 0.878. The van der Waals surface area contributed by atoms with Crippen LogP contribution in [-0.2, 0) is 21.4 Å². The first-order valence-electron chi connectivity index (χ1n) is 8.85. The van der Waals surface area contributed by atoms with Gasteiger partial charge in [0.1, 0.15) is 0 Å². The summed E-state index contributed by atoms with van der Waals surface area (Å²) < 4.78 is 27.1. The highest BCUT2D eigenvalue weighted by Crippen LogP contribution is 2.24. The van der Waals surface area contributed by atoms with Crippen LogP contribution >= 0.6 is 0 Å². The highest BCUT2D eigenvalue weighted by atomic mass is 32.2. The lowest BCUT2D eigenvalue weighted by molar-refractivity contribution is -0.126. The topological polar surface area (TPSA) is 66.5 Å². The summed E-state index contributed by atoms with van der Waals surface area (Å²) in [5.41, 5.74) is 2.04. The number of hydrogen-bond acceptors (Lipinski definition) is 3. The van der Waals surface area contributed by atoms with Crippen molar-refractivity contribution in [3.05, 3.63) is 65.7 Å². The van der Waals surface area contributed by atoms with Gasteiger partial charge in [-0.05, 0) is 37.5 Å². The minimum absolute atomic E-state index is 0.0855. The van der Waals surface area contributed by atoms with Gasteiger partial charge in [-0.15, -0.1) is 0 Å². The van der Waals surface area contributed by atoms with E-state index < -0.39 is 10.0 Å². The number of sulfonamides is 1. The summed E-state index contributed by atoms with van der Waals surface area (Å²) in [7, 11) is -3.56. The van der Waals surface area contributed by atoms with E-state index in [2.05, 4.69) is 5.32 Å². The van der Waals surface area contributed by atoms with Crippen LogP contribution in [0.2, 0.25) is 0 Å². The molecule has 3 rings (SSSR count). The maximum atomic E-state index is 12.8. The average Bonchev–Trinajstić information content (AvgIpc) is 2.67. The van der Waals surface area contributed by atoms with E-state index in [-0.39, 0.29) is 23.3 Å². The van der Waals surface area contributed by atoms with Crippen LogP contribution < -0.4 is 5.32 Å². The standard InChI is InChI=1S/C20H24N2O3S/c1-16-9-11-19(12-10-16)26(24,25)22-13-5-8-18(15-22)20(23)21-14-17-6-3-2-4-7-17/h2-4,6-7,9-12,18H,5,8,13-15H2,1H3,(H,21,23). The summed E-state index contributed by atoms with van der Waals surface area (Å²) in [6.45, 7) is 3.07. The molecule has 1 saturated heterocycles. The van der Waals surface area contributed by atoms with Crippen molar-refractivity contribution in [2.45, 2.75) is 31.2 Å². The Bertz CT molecular complexity index is 848. The van der Waals surface area contributed by atoms with Crippen molar-refractivity contribution in [1.29, 1.82) is 0 Å². The zero-order valence-corrected chi connectivity index (χ0v) is 15.7. The van der Waals surface area contributed by atoms with Crippen molar-refractivity contribution in [3.63, 3.8) is 0 Å². The molecule has 138 valence electrons. The smallest absolute Gasteiger partial charge is 0.243 e. The van der Waals surface area contributed by atoms with Crippen LogP contribution in [0.15, 0.2) is 59.5 Å². The summed E-state index contributed by atoms with van der Waals surface area (Å²) in [6.07, 6.45) is 1.40. The molecule has 2 aromatic rings. The van der Waals surface area contributed by atoms with Crippen molar-refractivity contribution in [3.8, 4) is 0 Å². The summed E-state index contributed by atoms with van der Waals surface area (Å²) >= 11 is 0. The van der Waals surface area contributed by atoms with Crippen LogP contribution in [-0.4, -0.2) is 31.7 Å². The Labute approximate surface area is 155 Å². The molecule has 26 heavy (non-hydrogen) atoms. The lowest BCUT2D eigenvalue weighted by atomic mass is 9.99. The van der Waals surface area contributed by atoms with Crippen molar-refractivity contribution in [2.24, 2.45) is 5.92 Å². The Balaban J connectivity index is 1.64. The van der Waals surface area contributed by atoms with E-state index in [1.165, 1.54) is 4.31 Å². The van der Waals surface area contributed by atoms with Gasteiger partial charge in [0.25, 0.3) is 0 Å². The second-order valence-corrected chi connectivity index (χ2v) is 8.66. The van der Waals surface area contributed by atoms with Gasteiger partial charge in [0, 0.05) is 19.6 Å². The maximum absolute atomic E-state index is 12.8. The molecule has 0 radical (unpaired) electrons. The number of benzene rings is 2. The number of carbonyl (C=O) groups is 1. The van der Waals surface area contributed by atoms with E-state index >= 15 is 0 Å². The minimum atomic E-state index is -3.56. The zero-order chi connectivity index (χ0) is 18.6. The van der Waals surface area contributed by atoms with Crippen LogP contribution in [0.4, 0.5) is 0 Å². The third-order valence-corrected chi connectivity index (χ3v) is 6.60. The van der Waals surface area contributed by atoms with Gasteiger partial charge in [0.15, 0.2) is 0 Å². The largest absolute Gasteiger partial charge is 0.352 e. The van der Waals surface area contributed by atoms with Gasteiger partial charge in [-0.1, -0.05) is 48.0 Å². The van der Waals surface area contributed by atoms with Crippen LogP contribution in [0.5, 0.6) is 0 Å². The van der Waals surface area contributed by atoms with Gasteiger partial charge < -0.3 is 5.32 Å². The normalized spacial score (nSPS) is 18.4. The Morgan fingerprint density at radius 2 is 1.81 bits per heavy atom. The van der Waals surface area contributed by atoms with Gasteiger partial charge in [0.05, 0.1) is 10.8 Å². The number of aryl methyl sites for hydroxylation is 1. The van der Waals surface area contributed by atoms with E-state index in [1.807, 2.05) is 37.3 Å². The lowest BCUT2D eigenvalue weighted by Crippen LogP contribution is -2.45. The van der Waals surface area contributed by atoms with Crippen molar-refractivity contribution < 1.29 is 13.2 Å². The van der Waals surface area contributed by atoms with Crippen LogP contribution in [0, 0.1) is 12.8 Å². The zero-order valence-electron chi connectivity index (χ0n) is 14.9. The van der Waals surface area contributed by atoms with Gasteiger partial charge >= 0.3 is 0 Å². The molecule has 6 heteroatoms. The first-order valence-corrected chi connectivity index (χ1v) is 10.3.